The number of benzene rings is 1. The van der Waals surface area contributed by atoms with Gasteiger partial charge in [-0.15, -0.1) is 0 Å². The molecule has 3 rings (SSSR count). The van der Waals surface area contributed by atoms with Crippen LogP contribution in [0.3, 0.4) is 0 Å². The van der Waals surface area contributed by atoms with Crippen LogP contribution in [0.25, 0.3) is 0 Å². The summed E-state index contributed by atoms with van der Waals surface area (Å²) >= 11 is 6.37. The van der Waals surface area contributed by atoms with Crippen molar-refractivity contribution in [1.82, 2.24) is 10.6 Å². The van der Waals surface area contributed by atoms with E-state index in [4.69, 9.17) is 16.3 Å². The Morgan fingerprint density at radius 2 is 1.92 bits per heavy atom. The maximum atomic E-state index is 12.1. The SMILES string of the molecule is O=C(CNc1cccc(Cl)c1N1CCOCC1)NC(=O)NC1CCCC1. The van der Waals surface area contributed by atoms with Crippen molar-refractivity contribution in [2.24, 2.45) is 0 Å². The van der Waals surface area contributed by atoms with Gasteiger partial charge in [0.25, 0.3) is 0 Å². The van der Waals surface area contributed by atoms with Gasteiger partial charge < -0.3 is 20.3 Å². The predicted molar refractivity (Wildman–Crippen MR) is 102 cm³/mol. The summed E-state index contributed by atoms with van der Waals surface area (Å²) in [6.07, 6.45) is 4.20. The molecule has 0 aromatic heterocycles. The van der Waals surface area contributed by atoms with E-state index < -0.39 is 6.03 Å². The van der Waals surface area contributed by atoms with Gasteiger partial charge in [-0.1, -0.05) is 30.5 Å². The van der Waals surface area contributed by atoms with Gasteiger partial charge in [-0.05, 0) is 25.0 Å². The highest BCUT2D eigenvalue weighted by Gasteiger charge is 2.20. The molecule has 7 nitrogen and oxygen atoms in total. The van der Waals surface area contributed by atoms with E-state index in [1.807, 2.05) is 18.2 Å². The molecule has 1 aliphatic heterocycles. The van der Waals surface area contributed by atoms with Crippen LogP contribution >= 0.6 is 11.6 Å². The van der Waals surface area contributed by atoms with E-state index in [9.17, 15) is 9.59 Å². The number of rotatable bonds is 5. The Balaban J connectivity index is 1.54. The molecule has 0 radical (unpaired) electrons. The summed E-state index contributed by atoms with van der Waals surface area (Å²) in [5.41, 5.74) is 1.63. The number of amides is 3. The Morgan fingerprint density at radius 1 is 1.19 bits per heavy atom. The van der Waals surface area contributed by atoms with Gasteiger partial charge >= 0.3 is 6.03 Å². The van der Waals surface area contributed by atoms with E-state index in [2.05, 4.69) is 20.9 Å². The van der Waals surface area contributed by atoms with Crippen molar-refractivity contribution in [3.63, 3.8) is 0 Å². The number of anilines is 2. The summed E-state index contributed by atoms with van der Waals surface area (Å²) < 4.78 is 5.38. The molecular weight excluding hydrogens is 356 g/mol. The molecule has 0 bridgehead atoms. The van der Waals surface area contributed by atoms with Crippen molar-refractivity contribution in [2.75, 3.05) is 43.1 Å². The fourth-order valence-corrected chi connectivity index (χ4v) is 3.70. The zero-order valence-electron chi connectivity index (χ0n) is 14.7. The quantitative estimate of drug-likeness (QED) is 0.730. The van der Waals surface area contributed by atoms with Gasteiger partial charge in [-0.25, -0.2) is 4.79 Å². The number of morpholine rings is 1. The molecule has 2 aliphatic rings. The number of nitrogens with one attached hydrogen (secondary N) is 3. The van der Waals surface area contributed by atoms with Gasteiger partial charge in [-0.2, -0.15) is 0 Å². The molecule has 3 N–H and O–H groups in total. The van der Waals surface area contributed by atoms with Crippen molar-refractivity contribution in [2.45, 2.75) is 31.7 Å². The average Bonchev–Trinajstić information content (AvgIpc) is 3.13. The third-order valence-corrected chi connectivity index (χ3v) is 5.00. The summed E-state index contributed by atoms with van der Waals surface area (Å²) in [7, 11) is 0. The van der Waals surface area contributed by atoms with Crippen LogP contribution in [0.15, 0.2) is 18.2 Å². The highest BCUT2D eigenvalue weighted by Crippen LogP contribution is 2.34. The third kappa shape index (κ3) is 5.02. The fourth-order valence-electron chi connectivity index (χ4n) is 3.40. The van der Waals surface area contributed by atoms with E-state index in [-0.39, 0.29) is 18.5 Å². The molecule has 0 spiro atoms. The molecule has 3 amide bonds. The minimum absolute atomic E-state index is 0.00420. The zero-order valence-corrected chi connectivity index (χ0v) is 15.5. The monoisotopic (exact) mass is 380 g/mol. The molecule has 2 fully saturated rings. The van der Waals surface area contributed by atoms with Crippen molar-refractivity contribution in [1.29, 1.82) is 0 Å². The Labute approximate surface area is 158 Å². The summed E-state index contributed by atoms with van der Waals surface area (Å²) in [5, 5.41) is 8.92. The summed E-state index contributed by atoms with van der Waals surface area (Å²) in [6, 6.07) is 5.29. The molecule has 0 unspecified atom stereocenters. The van der Waals surface area contributed by atoms with Gasteiger partial charge in [0.1, 0.15) is 0 Å². The molecule has 1 saturated carbocycles. The van der Waals surface area contributed by atoms with Crippen LogP contribution < -0.4 is 20.9 Å². The van der Waals surface area contributed by atoms with Crippen LogP contribution in [0.5, 0.6) is 0 Å². The highest BCUT2D eigenvalue weighted by molar-refractivity contribution is 6.34. The minimum atomic E-state index is -0.428. The molecule has 1 aliphatic carbocycles. The lowest BCUT2D eigenvalue weighted by molar-refractivity contribution is -0.118. The van der Waals surface area contributed by atoms with Crippen molar-refractivity contribution in [3.05, 3.63) is 23.2 Å². The summed E-state index contributed by atoms with van der Waals surface area (Å²) in [6.45, 7) is 2.78. The largest absolute Gasteiger partial charge is 0.378 e. The number of para-hydroxylation sites is 1. The van der Waals surface area contributed by atoms with Crippen LogP contribution in [-0.4, -0.2) is 50.8 Å². The molecule has 1 aromatic rings. The summed E-state index contributed by atoms with van der Waals surface area (Å²) in [5.74, 6) is -0.381. The first-order valence-electron chi connectivity index (χ1n) is 9.09. The number of urea groups is 1. The molecule has 1 saturated heterocycles. The van der Waals surface area contributed by atoms with Gasteiger partial charge in [0.05, 0.1) is 36.2 Å². The smallest absolute Gasteiger partial charge is 0.321 e. The zero-order chi connectivity index (χ0) is 18.4. The number of nitrogens with zero attached hydrogens (tertiary/aromatic N) is 1. The summed E-state index contributed by atoms with van der Waals surface area (Å²) in [4.78, 5) is 26.1. The van der Waals surface area contributed by atoms with E-state index in [0.717, 1.165) is 50.1 Å². The number of ether oxygens (including phenoxy) is 1. The number of imide groups is 1. The average molecular weight is 381 g/mol. The number of carbonyl (C=O) groups excluding carboxylic acids is 2. The fraction of sp³-hybridized carbons (Fsp3) is 0.556. The standard InChI is InChI=1S/C18H25ClN4O3/c19-14-6-3-7-15(17(14)23-8-10-26-11-9-23)20-12-16(24)22-18(25)21-13-4-1-2-5-13/h3,6-7,13,20H,1-2,4-5,8-12H2,(H2,21,22,24,25). The first-order valence-corrected chi connectivity index (χ1v) is 9.46. The molecule has 1 aromatic carbocycles. The number of hydrogen-bond donors (Lipinski definition) is 3. The first-order chi connectivity index (χ1) is 12.6. The topological polar surface area (TPSA) is 82.7 Å². The first kappa shape index (κ1) is 18.8. The number of carbonyl (C=O) groups is 2. The second-order valence-electron chi connectivity index (χ2n) is 6.59. The normalized spacial score (nSPS) is 17.8. The molecule has 1 heterocycles. The molecule has 26 heavy (non-hydrogen) atoms. The number of halogens is 1. The Morgan fingerprint density at radius 3 is 2.65 bits per heavy atom. The lowest BCUT2D eigenvalue weighted by Gasteiger charge is -2.31. The second-order valence-corrected chi connectivity index (χ2v) is 7.00. The second kappa shape index (κ2) is 9.09. The molecule has 8 heteroatoms. The van der Waals surface area contributed by atoms with E-state index >= 15 is 0 Å². The Kier molecular flexibility index (Phi) is 6.57. The van der Waals surface area contributed by atoms with E-state index in [0.29, 0.717) is 18.2 Å². The minimum Gasteiger partial charge on any atom is -0.378 e. The lowest BCUT2D eigenvalue weighted by atomic mass is 10.2. The Bertz CT molecular complexity index is 643. The van der Waals surface area contributed by atoms with Crippen molar-refractivity contribution >= 4 is 34.9 Å². The molecular formula is C18H25ClN4O3. The lowest BCUT2D eigenvalue weighted by Crippen LogP contribution is -2.45. The highest BCUT2D eigenvalue weighted by atomic mass is 35.5. The van der Waals surface area contributed by atoms with Crippen LogP contribution in [0.1, 0.15) is 25.7 Å². The van der Waals surface area contributed by atoms with Crippen molar-refractivity contribution in [3.8, 4) is 0 Å². The third-order valence-electron chi connectivity index (χ3n) is 4.70. The molecule has 0 atom stereocenters. The molecule has 142 valence electrons. The van der Waals surface area contributed by atoms with Gasteiger partial charge in [0.15, 0.2) is 0 Å². The number of hydrogen-bond acceptors (Lipinski definition) is 5. The van der Waals surface area contributed by atoms with E-state index in [1.54, 1.807) is 0 Å². The van der Waals surface area contributed by atoms with Crippen molar-refractivity contribution < 1.29 is 14.3 Å². The predicted octanol–water partition coefficient (Wildman–Crippen LogP) is 2.36. The van der Waals surface area contributed by atoms with Gasteiger partial charge in [-0.3, -0.25) is 10.1 Å². The van der Waals surface area contributed by atoms with Gasteiger partial charge in [0.2, 0.25) is 5.91 Å². The van der Waals surface area contributed by atoms with Gasteiger partial charge in [0, 0.05) is 19.1 Å². The van der Waals surface area contributed by atoms with E-state index in [1.165, 1.54) is 0 Å². The van der Waals surface area contributed by atoms with Crippen LogP contribution in [-0.2, 0) is 9.53 Å². The maximum Gasteiger partial charge on any atom is 0.321 e. The Hall–Kier alpha value is -1.99. The maximum absolute atomic E-state index is 12.1. The van der Waals surface area contributed by atoms with Crippen LogP contribution in [0.2, 0.25) is 5.02 Å². The van der Waals surface area contributed by atoms with Crippen LogP contribution in [0.4, 0.5) is 16.2 Å². The van der Waals surface area contributed by atoms with Crippen LogP contribution in [0, 0.1) is 0 Å².